The summed E-state index contributed by atoms with van der Waals surface area (Å²) in [5, 5.41) is 9.36. The summed E-state index contributed by atoms with van der Waals surface area (Å²) < 4.78 is 0. The van der Waals surface area contributed by atoms with Crippen molar-refractivity contribution >= 4 is 29.5 Å². The molecule has 6 nitrogen and oxygen atoms in total. The zero-order valence-corrected chi connectivity index (χ0v) is 14.2. The van der Waals surface area contributed by atoms with Crippen molar-refractivity contribution < 1.29 is 19.5 Å². The fourth-order valence-electron chi connectivity index (χ4n) is 2.84. The first-order valence-corrected chi connectivity index (χ1v) is 8.81. The van der Waals surface area contributed by atoms with Crippen molar-refractivity contribution in [3.63, 3.8) is 0 Å². The molecule has 2 amide bonds. The summed E-state index contributed by atoms with van der Waals surface area (Å²) in [4.78, 5) is 39.7. The number of hydrogen-bond donors (Lipinski definition) is 1. The van der Waals surface area contributed by atoms with Gasteiger partial charge in [-0.15, -0.1) is 11.8 Å². The third-order valence-corrected chi connectivity index (χ3v) is 5.88. The Bertz CT molecular complexity index is 476. The fourth-order valence-corrected chi connectivity index (χ4v) is 4.02. The van der Waals surface area contributed by atoms with Crippen molar-refractivity contribution in [1.29, 1.82) is 0 Å². The third kappa shape index (κ3) is 3.09. The average Bonchev–Trinajstić information content (AvgIpc) is 2.89. The quantitative estimate of drug-likeness (QED) is 0.825. The van der Waals surface area contributed by atoms with E-state index in [1.54, 1.807) is 28.6 Å². The Kier molecular flexibility index (Phi) is 5.04. The first kappa shape index (κ1) is 17.1. The number of likely N-dealkylation sites (N-methyl/N-ethyl adjacent to an activating group) is 1. The van der Waals surface area contributed by atoms with Gasteiger partial charge in [0, 0.05) is 25.3 Å². The maximum absolute atomic E-state index is 12.5. The minimum atomic E-state index is -0.901. The van der Waals surface area contributed by atoms with E-state index in [4.69, 9.17) is 0 Å². The Morgan fingerprint density at radius 2 is 2.00 bits per heavy atom. The van der Waals surface area contributed by atoms with Crippen molar-refractivity contribution in [2.75, 3.05) is 18.7 Å². The molecule has 0 spiro atoms. The van der Waals surface area contributed by atoms with Crippen molar-refractivity contribution in [3.05, 3.63) is 0 Å². The predicted octanol–water partition coefficient (Wildman–Crippen LogP) is 1.40. The summed E-state index contributed by atoms with van der Waals surface area (Å²) in [6.45, 7) is 3.86. The van der Waals surface area contributed by atoms with Gasteiger partial charge >= 0.3 is 5.97 Å². The molecule has 0 aromatic heterocycles. The largest absolute Gasteiger partial charge is 0.481 e. The van der Waals surface area contributed by atoms with E-state index in [-0.39, 0.29) is 24.3 Å². The van der Waals surface area contributed by atoms with Gasteiger partial charge in [0.25, 0.3) is 0 Å². The van der Waals surface area contributed by atoms with Gasteiger partial charge in [-0.05, 0) is 26.7 Å². The molecule has 1 unspecified atom stereocenters. The molecule has 2 rings (SSSR count). The SMILES string of the molecule is CC(C)N(C)C(=O)C1CSCN1C(=O)CC1(C(=O)O)CCC1. The molecule has 0 aromatic rings. The van der Waals surface area contributed by atoms with E-state index in [1.807, 2.05) is 13.8 Å². The Hall–Kier alpha value is -1.24. The lowest BCUT2D eigenvalue weighted by Gasteiger charge is -2.38. The summed E-state index contributed by atoms with van der Waals surface area (Å²) in [5.41, 5.74) is -0.901. The van der Waals surface area contributed by atoms with Crippen LogP contribution < -0.4 is 0 Å². The van der Waals surface area contributed by atoms with Crippen LogP contribution in [0.5, 0.6) is 0 Å². The number of nitrogens with zero attached hydrogens (tertiary/aromatic N) is 2. The number of amides is 2. The molecule has 1 aliphatic carbocycles. The molecule has 7 heteroatoms. The van der Waals surface area contributed by atoms with Crippen LogP contribution in [0, 0.1) is 5.41 Å². The highest BCUT2D eigenvalue weighted by Gasteiger charge is 2.48. The molecule has 1 N–H and O–H groups in total. The van der Waals surface area contributed by atoms with Crippen LogP contribution in [-0.2, 0) is 14.4 Å². The van der Waals surface area contributed by atoms with Crippen LogP contribution in [-0.4, -0.2) is 63.5 Å². The van der Waals surface area contributed by atoms with Crippen LogP contribution >= 0.6 is 11.8 Å². The molecule has 2 aliphatic rings. The Morgan fingerprint density at radius 3 is 2.45 bits per heavy atom. The lowest BCUT2D eigenvalue weighted by Crippen LogP contribution is -2.51. The Labute approximate surface area is 135 Å². The first-order valence-electron chi connectivity index (χ1n) is 7.66. The van der Waals surface area contributed by atoms with Crippen LogP contribution in [0.2, 0.25) is 0 Å². The van der Waals surface area contributed by atoms with Crippen LogP contribution in [0.1, 0.15) is 39.5 Å². The maximum atomic E-state index is 12.5. The van der Waals surface area contributed by atoms with Crippen molar-refractivity contribution in [2.45, 2.75) is 51.6 Å². The van der Waals surface area contributed by atoms with E-state index in [0.717, 1.165) is 6.42 Å². The highest BCUT2D eigenvalue weighted by atomic mass is 32.2. The molecule has 0 radical (unpaired) electrons. The normalized spacial score (nSPS) is 23.3. The molecule has 22 heavy (non-hydrogen) atoms. The second-order valence-corrected chi connectivity index (χ2v) is 7.54. The van der Waals surface area contributed by atoms with Gasteiger partial charge in [0.1, 0.15) is 6.04 Å². The lowest BCUT2D eigenvalue weighted by atomic mass is 9.66. The van der Waals surface area contributed by atoms with Crippen molar-refractivity contribution in [2.24, 2.45) is 5.41 Å². The van der Waals surface area contributed by atoms with Gasteiger partial charge in [-0.2, -0.15) is 0 Å². The van der Waals surface area contributed by atoms with E-state index in [9.17, 15) is 19.5 Å². The molecule has 1 aliphatic heterocycles. The number of carboxylic acids is 1. The van der Waals surface area contributed by atoms with Crippen LogP contribution in [0.4, 0.5) is 0 Å². The standard InChI is InChI=1S/C15H24N2O4S/c1-10(2)16(3)13(19)11-8-22-9-17(11)12(18)7-15(14(20)21)5-4-6-15/h10-11H,4-9H2,1-3H3,(H,20,21). The summed E-state index contributed by atoms with van der Waals surface area (Å²) in [7, 11) is 1.74. The number of rotatable bonds is 5. The summed E-state index contributed by atoms with van der Waals surface area (Å²) in [6, 6.07) is -0.386. The second kappa shape index (κ2) is 6.48. The maximum Gasteiger partial charge on any atom is 0.310 e. The van der Waals surface area contributed by atoms with E-state index in [1.165, 1.54) is 0 Å². The van der Waals surface area contributed by atoms with E-state index >= 15 is 0 Å². The van der Waals surface area contributed by atoms with E-state index in [2.05, 4.69) is 0 Å². The minimum Gasteiger partial charge on any atom is -0.481 e. The highest BCUT2D eigenvalue weighted by Crippen LogP contribution is 2.45. The fraction of sp³-hybridized carbons (Fsp3) is 0.800. The topological polar surface area (TPSA) is 77.9 Å². The average molecular weight is 328 g/mol. The Morgan fingerprint density at radius 1 is 1.36 bits per heavy atom. The molecular weight excluding hydrogens is 304 g/mol. The molecular formula is C15H24N2O4S. The molecule has 0 aromatic carbocycles. The predicted molar refractivity (Wildman–Crippen MR) is 84.4 cm³/mol. The van der Waals surface area contributed by atoms with Crippen molar-refractivity contribution in [1.82, 2.24) is 9.80 Å². The molecule has 1 saturated carbocycles. The number of hydrogen-bond acceptors (Lipinski definition) is 4. The second-order valence-electron chi connectivity index (χ2n) is 6.54. The summed E-state index contributed by atoms with van der Waals surface area (Å²) in [6.07, 6.45) is 1.98. The number of carboxylic acid groups (broad SMARTS) is 1. The van der Waals surface area contributed by atoms with Gasteiger partial charge in [0.2, 0.25) is 11.8 Å². The third-order valence-electron chi connectivity index (χ3n) is 4.86. The van der Waals surface area contributed by atoms with Crippen molar-refractivity contribution in [3.8, 4) is 0 Å². The molecule has 1 saturated heterocycles. The molecule has 0 bridgehead atoms. The number of carbonyl (C=O) groups excluding carboxylic acids is 2. The van der Waals surface area contributed by atoms with Gasteiger partial charge in [-0.25, -0.2) is 0 Å². The minimum absolute atomic E-state index is 0.0120. The van der Waals surface area contributed by atoms with Crippen LogP contribution in [0.3, 0.4) is 0 Å². The zero-order chi connectivity index (χ0) is 16.5. The number of carbonyl (C=O) groups is 3. The van der Waals surface area contributed by atoms with Gasteiger partial charge < -0.3 is 14.9 Å². The molecule has 1 heterocycles. The van der Waals surface area contributed by atoms with E-state index in [0.29, 0.717) is 24.5 Å². The van der Waals surface area contributed by atoms with Crippen LogP contribution in [0.25, 0.3) is 0 Å². The van der Waals surface area contributed by atoms with E-state index < -0.39 is 17.4 Å². The van der Waals surface area contributed by atoms with Gasteiger partial charge in [-0.3, -0.25) is 14.4 Å². The summed E-state index contributed by atoms with van der Waals surface area (Å²) >= 11 is 1.55. The number of aliphatic carboxylic acids is 1. The van der Waals surface area contributed by atoms with Gasteiger partial charge in [0.15, 0.2) is 0 Å². The number of thioether (sulfide) groups is 1. The Balaban J connectivity index is 2.05. The molecule has 124 valence electrons. The zero-order valence-electron chi connectivity index (χ0n) is 13.4. The highest BCUT2D eigenvalue weighted by molar-refractivity contribution is 7.99. The molecule has 2 fully saturated rings. The smallest absolute Gasteiger partial charge is 0.310 e. The monoisotopic (exact) mass is 328 g/mol. The van der Waals surface area contributed by atoms with Gasteiger partial charge in [0.05, 0.1) is 11.3 Å². The van der Waals surface area contributed by atoms with Gasteiger partial charge in [-0.1, -0.05) is 6.42 Å². The first-order chi connectivity index (χ1) is 10.3. The summed E-state index contributed by atoms with van der Waals surface area (Å²) in [5.74, 6) is -0.103. The molecule has 1 atom stereocenters. The lowest BCUT2D eigenvalue weighted by molar-refractivity contribution is -0.160. The van der Waals surface area contributed by atoms with Crippen LogP contribution in [0.15, 0.2) is 0 Å².